The molecule has 0 saturated heterocycles. The van der Waals surface area contributed by atoms with Crippen LogP contribution in [0.25, 0.3) is 6.08 Å². The van der Waals surface area contributed by atoms with Crippen LogP contribution >= 0.6 is 27.0 Å². The fraction of sp³-hybridized carbons (Fsp3) is 0.529. The first-order valence-corrected chi connectivity index (χ1v) is 12.8. The normalized spacial score (nSPS) is 12.2. The molecule has 0 aliphatic carbocycles. The van der Waals surface area contributed by atoms with Crippen LogP contribution in [0.15, 0.2) is 34.2 Å². The molecule has 1 rings (SSSR count). The molecule has 0 fully saturated rings. The molecule has 6 nitrogen and oxygen atoms in total. The molecule has 0 aromatic heterocycles. The van der Waals surface area contributed by atoms with E-state index in [-0.39, 0.29) is 31.5 Å². The smallest absolute Gasteiger partial charge is 0.305 e. The number of hydrogen-bond donors (Lipinski definition) is 0. The predicted molar refractivity (Wildman–Crippen MR) is 108 cm³/mol. The molecule has 148 valence electrons. The molecule has 0 spiro atoms. The fourth-order valence-electron chi connectivity index (χ4n) is 2.18. The lowest BCUT2D eigenvalue weighted by molar-refractivity contribution is 0.214. The summed E-state index contributed by atoms with van der Waals surface area (Å²) in [5.74, 6) is 0. The number of hydrogen-bond acceptors (Lipinski definition) is 7. The van der Waals surface area contributed by atoms with Crippen LogP contribution in [-0.4, -0.2) is 32.7 Å². The summed E-state index contributed by atoms with van der Waals surface area (Å²) in [6, 6.07) is 7.53. The molecular formula is C17H28O6P2S. The van der Waals surface area contributed by atoms with Crippen LogP contribution in [-0.2, 0) is 27.2 Å². The van der Waals surface area contributed by atoms with Gasteiger partial charge in [-0.05, 0) is 57.7 Å². The minimum Gasteiger partial charge on any atom is -0.305 e. The van der Waals surface area contributed by atoms with E-state index >= 15 is 0 Å². The van der Waals surface area contributed by atoms with Gasteiger partial charge in [-0.2, -0.15) is 0 Å². The first-order chi connectivity index (χ1) is 12.4. The first-order valence-electron chi connectivity index (χ1n) is 8.54. The van der Waals surface area contributed by atoms with Crippen LogP contribution in [0.4, 0.5) is 0 Å². The molecule has 1 aromatic carbocycles. The Labute approximate surface area is 160 Å². The highest BCUT2D eigenvalue weighted by molar-refractivity contribution is 7.98. The fourth-order valence-corrected chi connectivity index (χ4v) is 7.13. The monoisotopic (exact) mass is 422 g/mol. The molecule has 0 aliphatic heterocycles. The summed E-state index contributed by atoms with van der Waals surface area (Å²) in [7, 11) is -7.70. The highest BCUT2D eigenvalue weighted by Gasteiger charge is 2.45. The van der Waals surface area contributed by atoms with E-state index in [1.807, 2.05) is 30.5 Å². The van der Waals surface area contributed by atoms with E-state index < -0.39 is 15.2 Å². The van der Waals surface area contributed by atoms with Gasteiger partial charge < -0.3 is 18.1 Å². The molecule has 0 heterocycles. The summed E-state index contributed by atoms with van der Waals surface area (Å²) in [6.45, 7) is 7.34. The Kier molecular flexibility index (Phi) is 10.4. The predicted octanol–water partition coefficient (Wildman–Crippen LogP) is 6.24. The van der Waals surface area contributed by atoms with Crippen molar-refractivity contribution in [1.82, 2.24) is 0 Å². The molecular weight excluding hydrogens is 394 g/mol. The highest BCUT2D eigenvalue weighted by Crippen LogP contribution is 2.74. The topological polar surface area (TPSA) is 71.1 Å². The second-order valence-corrected chi connectivity index (χ2v) is 10.2. The van der Waals surface area contributed by atoms with Crippen molar-refractivity contribution in [2.75, 3.05) is 32.7 Å². The SMILES string of the molecule is CCOP(=O)(OCC)C(=Cc1ccc(SC)cc1)P(=O)(OCC)OCC. The zero-order valence-electron chi connectivity index (χ0n) is 16.0. The Morgan fingerprint density at radius 1 is 0.846 bits per heavy atom. The third kappa shape index (κ3) is 6.35. The van der Waals surface area contributed by atoms with Crippen molar-refractivity contribution >= 4 is 33.0 Å². The molecule has 0 saturated carbocycles. The van der Waals surface area contributed by atoms with E-state index in [1.165, 1.54) is 6.08 Å². The van der Waals surface area contributed by atoms with E-state index in [2.05, 4.69) is 0 Å². The molecule has 0 bridgehead atoms. The van der Waals surface area contributed by atoms with Crippen LogP contribution < -0.4 is 0 Å². The second-order valence-electron chi connectivity index (χ2n) is 4.94. The summed E-state index contributed by atoms with van der Waals surface area (Å²) in [6.07, 6.45) is 3.51. The van der Waals surface area contributed by atoms with Crippen LogP contribution in [0.1, 0.15) is 33.3 Å². The van der Waals surface area contributed by atoms with Crippen molar-refractivity contribution < 1.29 is 27.2 Å². The Balaban J connectivity index is 3.55. The van der Waals surface area contributed by atoms with Gasteiger partial charge in [-0.15, -0.1) is 11.8 Å². The lowest BCUT2D eigenvalue weighted by atomic mass is 10.2. The van der Waals surface area contributed by atoms with Crippen molar-refractivity contribution in [3.8, 4) is 0 Å². The van der Waals surface area contributed by atoms with Gasteiger partial charge in [-0.25, -0.2) is 0 Å². The van der Waals surface area contributed by atoms with Gasteiger partial charge >= 0.3 is 15.2 Å². The lowest BCUT2D eigenvalue weighted by Gasteiger charge is -2.25. The third-order valence-electron chi connectivity index (χ3n) is 3.17. The van der Waals surface area contributed by atoms with Crippen LogP contribution in [0, 0.1) is 0 Å². The standard InChI is InChI=1S/C17H28O6P2S/c1-6-20-24(18,21-7-2)17(25(19,22-8-3)23-9-4)14-15-10-12-16(26-5)13-11-15/h10-14H,6-9H2,1-5H3. The lowest BCUT2D eigenvalue weighted by Crippen LogP contribution is -2.05. The molecule has 26 heavy (non-hydrogen) atoms. The summed E-state index contributed by atoms with van der Waals surface area (Å²) in [4.78, 5) is 1.08. The van der Waals surface area contributed by atoms with Crippen molar-refractivity contribution in [1.29, 1.82) is 0 Å². The maximum atomic E-state index is 13.4. The van der Waals surface area contributed by atoms with Gasteiger partial charge in [0.15, 0.2) is 5.06 Å². The highest BCUT2D eigenvalue weighted by atomic mass is 32.2. The number of thioether (sulfide) groups is 1. The van der Waals surface area contributed by atoms with Crippen molar-refractivity contribution in [3.63, 3.8) is 0 Å². The average molecular weight is 422 g/mol. The molecule has 0 N–H and O–H groups in total. The van der Waals surface area contributed by atoms with Crippen molar-refractivity contribution in [2.24, 2.45) is 0 Å². The zero-order valence-corrected chi connectivity index (χ0v) is 18.6. The van der Waals surface area contributed by atoms with Gasteiger partial charge in [0.25, 0.3) is 0 Å². The minimum atomic E-state index is -3.85. The maximum Gasteiger partial charge on any atom is 0.369 e. The summed E-state index contributed by atoms with van der Waals surface area (Å²) >= 11 is 1.61. The van der Waals surface area contributed by atoms with Crippen LogP contribution in [0.3, 0.4) is 0 Å². The Morgan fingerprint density at radius 2 is 1.23 bits per heavy atom. The zero-order chi connectivity index (χ0) is 19.6. The molecule has 0 radical (unpaired) electrons. The van der Waals surface area contributed by atoms with Gasteiger partial charge in [-0.3, -0.25) is 9.13 Å². The minimum absolute atomic E-state index is 0.0747. The van der Waals surface area contributed by atoms with Gasteiger partial charge in [0.1, 0.15) is 0 Å². The second kappa shape index (κ2) is 11.5. The van der Waals surface area contributed by atoms with Gasteiger partial charge in [0.05, 0.1) is 26.4 Å². The molecule has 0 atom stereocenters. The molecule has 9 heteroatoms. The molecule has 0 aliphatic rings. The Morgan fingerprint density at radius 3 is 1.54 bits per heavy atom. The Bertz CT molecular complexity index is 622. The van der Waals surface area contributed by atoms with Crippen molar-refractivity contribution in [3.05, 3.63) is 34.9 Å². The first kappa shape index (κ1) is 23.6. The van der Waals surface area contributed by atoms with E-state index in [0.29, 0.717) is 5.56 Å². The Hall–Kier alpha value is -0.390. The van der Waals surface area contributed by atoms with E-state index in [4.69, 9.17) is 18.1 Å². The molecule has 1 aromatic rings. The number of benzene rings is 1. The summed E-state index contributed by atoms with van der Waals surface area (Å²) < 4.78 is 48.4. The van der Waals surface area contributed by atoms with Crippen LogP contribution in [0.2, 0.25) is 0 Å². The summed E-state index contributed by atoms with van der Waals surface area (Å²) in [5.41, 5.74) is 0.706. The summed E-state index contributed by atoms with van der Waals surface area (Å²) in [5, 5.41) is -0.0747. The quantitative estimate of drug-likeness (QED) is 0.292. The maximum absolute atomic E-state index is 13.4. The number of rotatable bonds is 12. The largest absolute Gasteiger partial charge is 0.369 e. The van der Waals surface area contributed by atoms with Gasteiger partial charge in [0, 0.05) is 4.90 Å². The molecule has 0 unspecified atom stereocenters. The molecule has 0 amide bonds. The van der Waals surface area contributed by atoms with Crippen LogP contribution in [0.5, 0.6) is 0 Å². The third-order valence-corrected chi connectivity index (χ3v) is 9.16. The van der Waals surface area contributed by atoms with E-state index in [9.17, 15) is 9.13 Å². The van der Waals surface area contributed by atoms with Crippen molar-refractivity contribution in [2.45, 2.75) is 32.6 Å². The van der Waals surface area contributed by atoms with Gasteiger partial charge in [-0.1, -0.05) is 12.1 Å². The van der Waals surface area contributed by atoms with E-state index in [0.717, 1.165) is 4.90 Å². The average Bonchev–Trinajstić information content (AvgIpc) is 2.61. The van der Waals surface area contributed by atoms with E-state index in [1.54, 1.807) is 39.5 Å². The van der Waals surface area contributed by atoms with Gasteiger partial charge in [0.2, 0.25) is 0 Å².